The molecule has 0 heterocycles. The van der Waals surface area contributed by atoms with Gasteiger partial charge in [-0.15, -0.1) is 0 Å². The Balaban J connectivity index is 1.93. The van der Waals surface area contributed by atoms with E-state index in [1.54, 1.807) is 0 Å². The number of benzene rings is 2. The number of unbranched alkanes of at least 4 members (excludes halogenated alkanes) is 1. The Kier molecular flexibility index (Phi) is 7.92. The van der Waals surface area contributed by atoms with E-state index in [1.807, 2.05) is 24.3 Å². The lowest BCUT2D eigenvalue weighted by atomic mass is 10.1. The number of anilines is 1. The molecule has 0 saturated heterocycles. The van der Waals surface area contributed by atoms with Crippen molar-refractivity contribution < 1.29 is 18.0 Å². The fourth-order valence-electron chi connectivity index (χ4n) is 2.61. The Bertz CT molecular complexity index is 954. The zero-order chi connectivity index (χ0) is 21.4. The van der Waals surface area contributed by atoms with Gasteiger partial charge in [-0.25, -0.2) is 12.7 Å². The van der Waals surface area contributed by atoms with Gasteiger partial charge in [0.15, 0.2) is 0 Å². The summed E-state index contributed by atoms with van der Waals surface area (Å²) in [5, 5.41) is 5.23. The number of nitrogens with one attached hydrogen (secondary N) is 2. The summed E-state index contributed by atoms with van der Waals surface area (Å²) in [5.41, 5.74) is 2.04. The van der Waals surface area contributed by atoms with Crippen molar-refractivity contribution in [2.75, 3.05) is 26.0 Å². The molecule has 29 heavy (non-hydrogen) atoms. The first-order valence-electron chi connectivity index (χ1n) is 9.43. The highest BCUT2D eigenvalue weighted by Crippen LogP contribution is 2.15. The van der Waals surface area contributed by atoms with Gasteiger partial charge in [0, 0.05) is 25.3 Å². The van der Waals surface area contributed by atoms with Gasteiger partial charge in [0.1, 0.15) is 0 Å². The van der Waals surface area contributed by atoms with Gasteiger partial charge in [0.2, 0.25) is 15.9 Å². The highest BCUT2D eigenvalue weighted by Gasteiger charge is 2.19. The topological polar surface area (TPSA) is 95.6 Å². The van der Waals surface area contributed by atoms with Crippen molar-refractivity contribution in [1.29, 1.82) is 0 Å². The average Bonchev–Trinajstić information content (AvgIpc) is 2.71. The Morgan fingerprint density at radius 1 is 1.03 bits per heavy atom. The van der Waals surface area contributed by atoms with Crippen LogP contribution < -0.4 is 10.6 Å². The highest BCUT2D eigenvalue weighted by atomic mass is 32.2. The van der Waals surface area contributed by atoms with Gasteiger partial charge in [-0.1, -0.05) is 31.5 Å². The second-order valence-corrected chi connectivity index (χ2v) is 9.00. The fourth-order valence-corrected chi connectivity index (χ4v) is 3.56. The average molecular weight is 418 g/mol. The van der Waals surface area contributed by atoms with Crippen molar-refractivity contribution in [2.24, 2.45) is 0 Å². The zero-order valence-corrected chi connectivity index (χ0v) is 17.8. The van der Waals surface area contributed by atoms with Crippen LogP contribution in [0, 0.1) is 0 Å². The van der Waals surface area contributed by atoms with Crippen LogP contribution in [0.25, 0.3) is 0 Å². The molecule has 0 aromatic heterocycles. The molecule has 0 atom stereocenters. The quantitative estimate of drug-likeness (QED) is 0.656. The molecule has 7 nitrogen and oxygen atoms in total. The minimum Gasteiger partial charge on any atom is -0.343 e. The third-order valence-electron chi connectivity index (χ3n) is 4.34. The van der Waals surface area contributed by atoms with Gasteiger partial charge >= 0.3 is 0 Å². The summed E-state index contributed by atoms with van der Waals surface area (Å²) in [4.78, 5) is 24.4. The lowest BCUT2D eigenvalue weighted by Crippen LogP contribution is -2.33. The van der Waals surface area contributed by atoms with Crippen molar-refractivity contribution >= 4 is 27.5 Å². The van der Waals surface area contributed by atoms with Gasteiger partial charge < -0.3 is 10.6 Å². The molecule has 0 aliphatic rings. The van der Waals surface area contributed by atoms with E-state index >= 15 is 0 Å². The summed E-state index contributed by atoms with van der Waals surface area (Å²) >= 11 is 0. The largest absolute Gasteiger partial charge is 0.343 e. The number of hydrogen-bond donors (Lipinski definition) is 2. The van der Waals surface area contributed by atoms with Crippen molar-refractivity contribution in [3.63, 3.8) is 0 Å². The Labute approximate surface area is 172 Å². The summed E-state index contributed by atoms with van der Waals surface area (Å²) in [6.07, 6.45) is 3.25. The van der Waals surface area contributed by atoms with E-state index in [-0.39, 0.29) is 22.9 Å². The van der Waals surface area contributed by atoms with Crippen LogP contribution >= 0.6 is 0 Å². The summed E-state index contributed by atoms with van der Waals surface area (Å²) in [7, 11) is -0.802. The van der Waals surface area contributed by atoms with Crippen LogP contribution in [0.2, 0.25) is 0 Å². The molecule has 0 fully saturated rings. The van der Waals surface area contributed by atoms with Crippen LogP contribution in [0.3, 0.4) is 0 Å². The molecule has 0 unspecified atom stereocenters. The third-order valence-corrected chi connectivity index (χ3v) is 6.15. The Hall–Kier alpha value is -2.71. The number of sulfonamides is 1. The number of carbonyl (C=O) groups excluding carboxylic acids is 2. The monoisotopic (exact) mass is 417 g/mol. The van der Waals surface area contributed by atoms with Crippen LogP contribution in [-0.4, -0.2) is 45.2 Å². The first-order chi connectivity index (χ1) is 13.7. The SMILES string of the molecule is CCCCc1ccc(NC(=O)CNC(=O)c2cccc(S(=O)(=O)N(C)C)c2)cc1. The fraction of sp³-hybridized carbons (Fsp3) is 0.333. The number of amides is 2. The van der Waals surface area contributed by atoms with E-state index in [9.17, 15) is 18.0 Å². The molecule has 2 aromatic rings. The molecule has 0 bridgehead atoms. The lowest BCUT2D eigenvalue weighted by Gasteiger charge is -2.12. The summed E-state index contributed by atoms with van der Waals surface area (Å²) in [5.74, 6) is -0.886. The van der Waals surface area contributed by atoms with E-state index in [0.717, 1.165) is 23.6 Å². The molecule has 2 aromatic carbocycles. The molecule has 0 aliphatic heterocycles. The van der Waals surface area contributed by atoms with Crippen molar-refractivity contribution in [2.45, 2.75) is 31.1 Å². The number of aryl methyl sites for hydroxylation is 1. The van der Waals surface area contributed by atoms with Crippen LogP contribution in [0.4, 0.5) is 5.69 Å². The molecular formula is C21H27N3O4S. The minimum atomic E-state index is -3.64. The first-order valence-corrected chi connectivity index (χ1v) is 10.9. The van der Waals surface area contributed by atoms with Crippen LogP contribution in [0.5, 0.6) is 0 Å². The molecule has 2 rings (SSSR count). The van der Waals surface area contributed by atoms with Crippen LogP contribution in [-0.2, 0) is 21.2 Å². The highest BCUT2D eigenvalue weighted by molar-refractivity contribution is 7.89. The molecule has 0 aliphatic carbocycles. The molecule has 2 N–H and O–H groups in total. The molecule has 8 heteroatoms. The number of rotatable bonds is 9. The van der Waals surface area contributed by atoms with Gasteiger partial charge in [0.05, 0.1) is 11.4 Å². The zero-order valence-electron chi connectivity index (χ0n) is 16.9. The number of nitrogens with zero attached hydrogens (tertiary/aromatic N) is 1. The third kappa shape index (κ3) is 6.40. The molecule has 156 valence electrons. The van der Waals surface area contributed by atoms with E-state index < -0.39 is 15.9 Å². The van der Waals surface area contributed by atoms with Crippen molar-refractivity contribution in [1.82, 2.24) is 9.62 Å². The summed E-state index contributed by atoms with van der Waals surface area (Å²) in [6, 6.07) is 13.3. The number of carbonyl (C=O) groups is 2. The van der Waals surface area contributed by atoms with Crippen LogP contribution in [0.1, 0.15) is 35.7 Å². The maximum Gasteiger partial charge on any atom is 0.251 e. The molecule has 2 amide bonds. The van der Waals surface area contributed by atoms with Crippen molar-refractivity contribution in [3.05, 3.63) is 59.7 Å². The molecule has 0 radical (unpaired) electrons. The van der Waals surface area contributed by atoms with Gasteiger partial charge in [-0.3, -0.25) is 9.59 Å². The standard InChI is InChI=1S/C21H27N3O4S/c1-4-5-7-16-10-12-18(13-11-16)23-20(25)15-22-21(26)17-8-6-9-19(14-17)29(27,28)24(2)3/h6,8-14H,4-5,7,15H2,1-3H3,(H,22,26)(H,23,25). The number of hydrogen-bond acceptors (Lipinski definition) is 4. The van der Waals surface area contributed by atoms with Gasteiger partial charge in [0.25, 0.3) is 5.91 Å². The maximum absolute atomic E-state index is 12.3. The predicted molar refractivity (Wildman–Crippen MR) is 113 cm³/mol. The predicted octanol–water partition coefficient (Wildman–Crippen LogP) is 2.65. The Morgan fingerprint density at radius 2 is 1.72 bits per heavy atom. The van der Waals surface area contributed by atoms with Crippen molar-refractivity contribution in [3.8, 4) is 0 Å². The van der Waals surface area contributed by atoms with Gasteiger partial charge in [-0.2, -0.15) is 0 Å². The normalized spacial score (nSPS) is 11.3. The van der Waals surface area contributed by atoms with E-state index in [4.69, 9.17) is 0 Å². The van der Waals surface area contributed by atoms with Gasteiger partial charge in [-0.05, 0) is 48.7 Å². The van der Waals surface area contributed by atoms with E-state index in [2.05, 4.69) is 17.6 Å². The van der Waals surface area contributed by atoms with Crippen LogP contribution in [0.15, 0.2) is 53.4 Å². The summed E-state index contributed by atoms with van der Waals surface area (Å²) < 4.78 is 25.5. The summed E-state index contributed by atoms with van der Waals surface area (Å²) in [6.45, 7) is 1.92. The van der Waals surface area contributed by atoms with E-state index in [1.165, 1.54) is 43.9 Å². The maximum atomic E-state index is 12.3. The van der Waals surface area contributed by atoms with E-state index in [0.29, 0.717) is 5.69 Å². The Morgan fingerprint density at radius 3 is 2.34 bits per heavy atom. The first kappa shape index (κ1) is 22.6. The molecule has 0 saturated carbocycles. The smallest absolute Gasteiger partial charge is 0.251 e. The minimum absolute atomic E-state index is 0.0164. The second-order valence-electron chi connectivity index (χ2n) is 6.85. The lowest BCUT2D eigenvalue weighted by molar-refractivity contribution is -0.115. The second kappa shape index (κ2) is 10.2. The molecule has 0 spiro atoms. The molecular weight excluding hydrogens is 390 g/mol.